The molecule has 6 nitrogen and oxygen atoms in total. The highest BCUT2D eigenvalue weighted by Gasteiger charge is 2.22. The van der Waals surface area contributed by atoms with E-state index in [1.54, 1.807) is 6.07 Å². The Morgan fingerprint density at radius 3 is 2.33 bits per heavy atom. The van der Waals surface area contributed by atoms with Crippen molar-refractivity contribution >= 4 is 32.8 Å². The maximum Gasteiger partial charge on any atom is 0.151 e. The van der Waals surface area contributed by atoms with E-state index >= 15 is 0 Å². The van der Waals surface area contributed by atoms with Crippen molar-refractivity contribution in [1.82, 2.24) is 30.6 Å². The maximum absolute atomic E-state index is 15.0. The predicted octanol–water partition coefficient (Wildman–Crippen LogP) is 5.25. The van der Waals surface area contributed by atoms with Crippen LogP contribution in [0.25, 0.3) is 44.0 Å². The topological polar surface area (TPSA) is 81.4 Å². The summed E-state index contributed by atoms with van der Waals surface area (Å²) in [5.74, 6) is 1.55. The average Bonchev–Trinajstić information content (AvgIpc) is 3.63. The van der Waals surface area contributed by atoms with Gasteiger partial charge in [-0.2, -0.15) is 0 Å². The van der Waals surface area contributed by atoms with Gasteiger partial charge in [-0.3, -0.25) is 0 Å². The zero-order valence-corrected chi connectivity index (χ0v) is 18.2. The Bertz CT molecular complexity index is 1500. The molecule has 2 aliphatic heterocycles. The fraction of sp³-hybridized carbons (Fsp3) is 0.308. The Morgan fingerprint density at radius 1 is 0.788 bits per heavy atom. The van der Waals surface area contributed by atoms with E-state index in [0.29, 0.717) is 11.6 Å². The Kier molecular flexibility index (Phi) is 4.29. The van der Waals surface area contributed by atoms with E-state index in [1.165, 1.54) is 6.42 Å². The monoisotopic (exact) mass is 440 g/mol. The van der Waals surface area contributed by atoms with Crippen molar-refractivity contribution in [1.29, 1.82) is 0 Å². The fourth-order valence-corrected chi connectivity index (χ4v) is 5.44. The molecule has 0 saturated carbocycles. The quantitative estimate of drug-likeness (QED) is 0.309. The van der Waals surface area contributed by atoms with Crippen molar-refractivity contribution in [3.05, 3.63) is 59.9 Å². The molecule has 0 unspecified atom stereocenters. The summed E-state index contributed by atoms with van der Waals surface area (Å²) in [6, 6.07) is 14.5. The number of fused-ring (bicyclic) bond motifs is 4. The summed E-state index contributed by atoms with van der Waals surface area (Å²) >= 11 is 0. The second-order valence-corrected chi connectivity index (χ2v) is 9.29. The molecule has 33 heavy (non-hydrogen) atoms. The van der Waals surface area contributed by atoms with Crippen molar-refractivity contribution in [2.75, 3.05) is 13.1 Å². The Morgan fingerprint density at radius 2 is 1.58 bits per heavy atom. The van der Waals surface area contributed by atoms with Crippen LogP contribution in [0.15, 0.2) is 42.5 Å². The molecule has 2 aromatic heterocycles. The molecule has 166 valence electrons. The van der Waals surface area contributed by atoms with Crippen molar-refractivity contribution in [2.45, 2.75) is 37.8 Å². The van der Waals surface area contributed by atoms with E-state index in [-0.39, 0.29) is 11.9 Å². The first-order valence-corrected chi connectivity index (χ1v) is 11.8. The van der Waals surface area contributed by atoms with Gasteiger partial charge in [0.15, 0.2) is 5.82 Å². The van der Waals surface area contributed by atoms with Crippen LogP contribution in [0, 0.1) is 5.82 Å². The third kappa shape index (κ3) is 3.14. The number of halogens is 1. The number of imidazole rings is 2. The van der Waals surface area contributed by atoms with Crippen LogP contribution in [0.5, 0.6) is 0 Å². The molecule has 0 aliphatic carbocycles. The minimum atomic E-state index is -0.291. The van der Waals surface area contributed by atoms with Gasteiger partial charge in [0.1, 0.15) is 17.2 Å². The molecule has 4 heterocycles. The van der Waals surface area contributed by atoms with Crippen molar-refractivity contribution < 1.29 is 4.39 Å². The lowest BCUT2D eigenvalue weighted by molar-refractivity contribution is 0.611. The predicted molar refractivity (Wildman–Crippen MR) is 129 cm³/mol. The molecule has 7 heteroatoms. The van der Waals surface area contributed by atoms with Crippen LogP contribution >= 0.6 is 0 Å². The first kappa shape index (κ1) is 19.2. The maximum atomic E-state index is 15.0. The summed E-state index contributed by atoms with van der Waals surface area (Å²) in [5.41, 5.74) is 5.03. The van der Waals surface area contributed by atoms with Gasteiger partial charge in [-0.05, 0) is 79.6 Å². The molecule has 4 N–H and O–H groups in total. The highest BCUT2D eigenvalue weighted by molar-refractivity contribution is 6.05. The molecular weight excluding hydrogens is 415 g/mol. The van der Waals surface area contributed by atoms with Crippen LogP contribution in [0.1, 0.15) is 49.4 Å². The van der Waals surface area contributed by atoms with Crippen LogP contribution < -0.4 is 10.6 Å². The normalized spacial score (nSPS) is 21.1. The molecule has 0 radical (unpaired) electrons. The van der Waals surface area contributed by atoms with Gasteiger partial charge in [0.2, 0.25) is 0 Å². The third-order valence-electron chi connectivity index (χ3n) is 7.16. The van der Waals surface area contributed by atoms with E-state index in [1.807, 2.05) is 6.07 Å². The first-order chi connectivity index (χ1) is 16.2. The zero-order valence-electron chi connectivity index (χ0n) is 18.2. The van der Waals surface area contributed by atoms with Gasteiger partial charge >= 0.3 is 0 Å². The van der Waals surface area contributed by atoms with Gasteiger partial charge in [-0.15, -0.1) is 0 Å². The van der Waals surface area contributed by atoms with Crippen LogP contribution in [-0.4, -0.2) is 33.0 Å². The molecule has 5 aromatic rings. The molecule has 2 fully saturated rings. The van der Waals surface area contributed by atoms with Gasteiger partial charge in [-0.25, -0.2) is 14.4 Å². The number of aromatic nitrogens is 4. The smallest absolute Gasteiger partial charge is 0.151 e. The lowest BCUT2D eigenvalue weighted by Crippen LogP contribution is -2.14. The highest BCUT2D eigenvalue weighted by atomic mass is 19.1. The summed E-state index contributed by atoms with van der Waals surface area (Å²) in [6.07, 6.45) is 4.44. The number of nitrogens with zero attached hydrogens (tertiary/aromatic N) is 2. The number of benzene rings is 3. The minimum Gasteiger partial charge on any atom is -0.341 e. The minimum absolute atomic E-state index is 0.182. The lowest BCUT2D eigenvalue weighted by atomic mass is 10.00. The van der Waals surface area contributed by atoms with Crippen LogP contribution in [0.3, 0.4) is 0 Å². The molecule has 3 aromatic carbocycles. The molecule has 2 atom stereocenters. The van der Waals surface area contributed by atoms with E-state index in [0.717, 1.165) is 82.5 Å². The average molecular weight is 441 g/mol. The number of rotatable bonds is 3. The van der Waals surface area contributed by atoms with Gasteiger partial charge in [0.25, 0.3) is 0 Å². The summed E-state index contributed by atoms with van der Waals surface area (Å²) < 4.78 is 15.0. The van der Waals surface area contributed by atoms with Crippen LogP contribution in [0.2, 0.25) is 0 Å². The molecule has 0 bridgehead atoms. The summed E-state index contributed by atoms with van der Waals surface area (Å²) in [7, 11) is 0. The largest absolute Gasteiger partial charge is 0.341 e. The summed E-state index contributed by atoms with van der Waals surface area (Å²) in [4.78, 5) is 16.3. The Hall–Kier alpha value is -3.29. The van der Waals surface area contributed by atoms with E-state index in [9.17, 15) is 4.39 Å². The van der Waals surface area contributed by atoms with E-state index in [4.69, 9.17) is 4.98 Å². The molecular formula is C26H25FN6. The molecule has 7 rings (SSSR count). The number of hydrogen-bond donors (Lipinski definition) is 4. The van der Waals surface area contributed by atoms with Crippen molar-refractivity contribution in [2.24, 2.45) is 0 Å². The van der Waals surface area contributed by atoms with Crippen molar-refractivity contribution in [3.63, 3.8) is 0 Å². The molecule has 0 amide bonds. The van der Waals surface area contributed by atoms with Gasteiger partial charge in [0, 0.05) is 5.39 Å². The SMILES string of the molecule is Fc1cc(-c2ccc3c(ccc4nc([C@@H]5CCCN5)[nH]c43)c2)cc2[nH]c([C@@H]3CCCN3)nc12. The van der Waals surface area contributed by atoms with E-state index < -0.39 is 0 Å². The summed E-state index contributed by atoms with van der Waals surface area (Å²) in [6.45, 7) is 2.02. The van der Waals surface area contributed by atoms with Gasteiger partial charge < -0.3 is 20.6 Å². The molecule has 2 saturated heterocycles. The standard InChI is InChI=1S/C26H25FN6/c27-18-12-16(13-22-24(18)33-26(31-22)21-4-2-10-29-21)14-5-7-17-15(11-14)6-8-19-23(17)32-25(30-19)20-3-1-9-28-20/h5-8,11-13,20-21,28-29H,1-4,9-10H2,(H,30,32)(H,31,33)/t20-,21-/m0/s1. The fourth-order valence-electron chi connectivity index (χ4n) is 5.44. The lowest BCUT2D eigenvalue weighted by Gasteiger charge is -2.06. The van der Waals surface area contributed by atoms with Crippen molar-refractivity contribution in [3.8, 4) is 11.1 Å². The Labute approximate surface area is 190 Å². The number of nitrogens with one attached hydrogen (secondary N) is 4. The zero-order chi connectivity index (χ0) is 21.9. The second kappa shape index (κ2) is 7.37. The number of H-pyrrole nitrogens is 2. The van der Waals surface area contributed by atoms with Crippen LogP contribution in [0.4, 0.5) is 4.39 Å². The third-order valence-corrected chi connectivity index (χ3v) is 7.16. The highest BCUT2D eigenvalue weighted by Crippen LogP contribution is 2.33. The van der Waals surface area contributed by atoms with Crippen LogP contribution in [-0.2, 0) is 0 Å². The Balaban J connectivity index is 1.30. The summed E-state index contributed by atoms with van der Waals surface area (Å²) in [5, 5.41) is 9.17. The first-order valence-electron chi connectivity index (χ1n) is 11.8. The second-order valence-electron chi connectivity index (χ2n) is 9.29. The number of hydrogen-bond acceptors (Lipinski definition) is 4. The van der Waals surface area contributed by atoms with E-state index in [2.05, 4.69) is 55.9 Å². The number of aromatic amines is 2. The molecule has 2 aliphatic rings. The van der Waals surface area contributed by atoms with Gasteiger partial charge in [-0.1, -0.05) is 18.2 Å². The molecule has 0 spiro atoms. The van der Waals surface area contributed by atoms with Gasteiger partial charge in [0.05, 0.1) is 28.6 Å².